The van der Waals surface area contributed by atoms with Crippen molar-refractivity contribution in [2.75, 3.05) is 24.2 Å². The van der Waals surface area contributed by atoms with Crippen LogP contribution >= 0.6 is 11.8 Å². The maximum atomic E-state index is 12.7. The van der Waals surface area contributed by atoms with Crippen LogP contribution in [0.15, 0.2) is 59.5 Å². The number of benzene rings is 2. The van der Waals surface area contributed by atoms with Gasteiger partial charge in [0.15, 0.2) is 6.10 Å². The number of nitrogens with zero attached hydrogens (tertiary/aromatic N) is 1. The molecule has 1 N–H and O–H groups in total. The molecule has 0 fully saturated rings. The van der Waals surface area contributed by atoms with Crippen LogP contribution in [-0.4, -0.2) is 37.3 Å². The lowest BCUT2D eigenvalue weighted by Crippen LogP contribution is -2.50. The first-order valence-electron chi connectivity index (χ1n) is 8.14. The van der Waals surface area contributed by atoms with Crippen LogP contribution in [0.3, 0.4) is 0 Å². The molecule has 3 rings (SSSR count). The summed E-state index contributed by atoms with van der Waals surface area (Å²) in [5, 5.41) is 2.58. The van der Waals surface area contributed by atoms with Gasteiger partial charge >= 0.3 is 0 Å². The Balaban J connectivity index is 1.68. The molecule has 0 bridgehead atoms. The molecule has 2 amide bonds. The second-order valence-electron chi connectivity index (χ2n) is 5.60. The molecule has 1 atom stereocenters. The van der Waals surface area contributed by atoms with Crippen molar-refractivity contribution in [3.05, 3.63) is 54.6 Å². The van der Waals surface area contributed by atoms with Crippen molar-refractivity contribution in [1.29, 1.82) is 0 Å². The van der Waals surface area contributed by atoms with Gasteiger partial charge < -0.3 is 15.0 Å². The highest BCUT2D eigenvalue weighted by molar-refractivity contribution is 7.99. The summed E-state index contributed by atoms with van der Waals surface area (Å²) in [5.74, 6) is 1.01. The summed E-state index contributed by atoms with van der Waals surface area (Å²) in [6, 6.07) is 17.3. The van der Waals surface area contributed by atoms with Gasteiger partial charge in [0.1, 0.15) is 5.75 Å². The molecule has 0 radical (unpaired) electrons. The molecule has 1 aliphatic rings. The minimum atomic E-state index is -0.689. The van der Waals surface area contributed by atoms with Gasteiger partial charge in [-0.15, -0.1) is 11.8 Å². The minimum Gasteiger partial charge on any atom is -0.477 e. The first-order chi connectivity index (χ1) is 12.2. The predicted octanol–water partition coefficient (Wildman–Crippen LogP) is 2.71. The minimum absolute atomic E-state index is 0.00640. The smallest absolute Gasteiger partial charge is 0.262 e. The molecule has 2 aromatic carbocycles. The summed E-state index contributed by atoms with van der Waals surface area (Å²) in [4.78, 5) is 27.5. The third kappa shape index (κ3) is 4.14. The van der Waals surface area contributed by atoms with Crippen molar-refractivity contribution in [2.24, 2.45) is 0 Å². The summed E-state index contributed by atoms with van der Waals surface area (Å²) >= 11 is 1.65. The molecule has 0 saturated carbocycles. The Labute approximate surface area is 151 Å². The lowest BCUT2D eigenvalue weighted by atomic mass is 10.1. The molecular weight excluding hydrogens is 336 g/mol. The van der Waals surface area contributed by atoms with Crippen molar-refractivity contribution < 1.29 is 14.3 Å². The molecule has 0 saturated heterocycles. The van der Waals surface area contributed by atoms with Crippen molar-refractivity contribution in [3.8, 4) is 5.75 Å². The number of amides is 2. The lowest BCUT2D eigenvalue weighted by molar-refractivity contribution is -0.127. The highest BCUT2D eigenvalue weighted by Gasteiger charge is 2.32. The summed E-state index contributed by atoms with van der Waals surface area (Å²) in [6.07, 6.45) is -0.292. The fraction of sp³-hybridized carbons (Fsp3) is 0.263. The maximum Gasteiger partial charge on any atom is 0.262 e. The zero-order valence-corrected chi connectivity index (χ0v) is 14.8. The van der Waals surface area contributed by atoms with Crippen LogP contribution in [0.2, 0.25) is 0 Å². The van der Waals surface area contributed by atoms with E-state index >= 15 is 0 Å². The molecule has 0 unspecified atom stereocenters. The Morgan fingerprint density at radius 2 is 1.88 bits per heavy atom. The normalized spacial score (nSPS) is 15.9. The molecule has 25 heavy (non-hydrogen) atoms. The largest absolute Gasteiger partial charge is 0.477 e. The van der Waals surface area contributed by atoms with E-state index in [2.05, 4.69) is 5.32 Å². The lowest BCUT2D eigenvalue weighted by Gasteiger charge is -2.34. The van der Waals surface area contributed by atoms with Crippen LogP contribution < -0.4 is 15.0 Å². The Kier molecular flexibility index (Phi) is 5.60. The molecule has 0 spiro atoms. The fourth-order valence-electron chi connectivity index (χ4n) is 2.68. The van der Waals surface area contributed by atoms with Crippen LogP contribution in [0.5, 0.6) is 5.75 Å². The van der Waals surface area contributed by atoms with Gasteiger partial charge in [-0.2, -0.15) is 0 Å². The predicted molar refractivity (Wildman–Crippen MR) is 99.1 cm³/mol. The van der Waals surface area contributed by atoms with Crippen LogP contribution in [0.25, 0.3) is 0 Å². The molecule has 1 aliphatic heterocycles. The second kappa shape index (κ2) is 8.07. The third-order valence-electron chi connectivity index (χ3n) is 3.94. The molecule has 0 aliphatic carbocycles. The number of thioether (sulfide) groups is 1. The highest BCUT2D eigenvalue weighted by atomic mass is 32.2. The van der Waals surface area contributed by atoms with E-state index in [0.717, 1.165) is 10.6 Å². The van der Waals surface area contributed by atoms with Gasteiger partial charge in [-0.3, -0.25) is 9.59 Å². The fourth-order valence-corrected chi connectivity index (χ4v) is 3.54. The van der Waals surface area contributed by atoms with E-state index < -0.39 is 6.10 Å². The summed E-state index contributed by atoms with van der Waals surface area (Å²) in [5.41, 5.74) is 0.720. The number of carbonyl (C=O) groups excluding carboxylic acids is 2. The second-order valence-corrected chi connectivity index (χ2v) is 6.77. The van der Waals surface area contributed by atoms with Crippen LogP contribution in [0.4, 0.5) is 5.69 Å². The quantitative estimate of drug-likeness (QED) is 0.837. The van der Waals surface area contributed by atoms with E-state index in [9.17, 15) is 9.59 Å². The number of fused-ring (bicyclic) bond motifs is 1. The zero-order chi connectivity index (χ0) is 17.6. The van der Waals surface area contributed by atoms with Gasteiger partial charge in [0.05, 0.1) is 12.2 Å². The van der Waals surface area contributed by atoms with Crippen molar-refractivity contribution in [3.63, 3.8) is 0 Å². The van der Waals surface area contributed by atoms with Crippen LogP contribution in [0, 0.1) is 0 Å². The van der Waals surface area contributed by atoms with E-state index in [1.807, 2.05) is 48.5 Å². The van der Waals surface area contributed by atoms with Crippen LogP contribution in [0.1, 0.15) is 6.42 Å². The van der Waals surface area contributed by atoms with Crippen molar-refractivity contribution >= 4 is 29.3 Å². The number of carbonyl (C=O) groups is 2. The Hall–Kier alpha value is -2.47. The molecule has 6 heteroatoms. The maximum absolute atomic E-state index is 12.7. The number of hydrogen-bond acceptors (Lipinski definition) is 4. The van der Waals surface area contributed by atoms with E-state index in [0.29, 0.717) is 17.9 Å². The Morgan fingerprint density at radius 1 is 1.16 bits per heavy atom. The van der Waals surface area contributed by atoms with Gasteiger partial charge in [0, 0.05) is 24.1 Å². The zero-order valence-electron chi connectivity index (χ0n) is 14.0. The van der Waals surface area contributed by atoms with Gasteiger partial charge in [0.2, 0.25) is 5.91 Å². The molecule has 0 aromatic heterocycles. The van der Waals surface area contributed by atoms with E-state index in [1.165, 1.54) is 0 Å². The van der Waals surface area contributed by atoms with E-state index in [-0.39, 0.29) is 18.4 Å². The number of hydrogen-bond donors (Lipinski definition) is 1. The number of likely N-dealkylation sites (N-methyl/N-ethyl adjacent to an activating group) is 1. The molecular formula is C19H20N2O3S. The molecule has 130 valence electrons. The average Bonchev–Trinajstić information content (AvgIpc) is 2.67. The van der Waals surface area contributed by atoms with Gasteiger partial charge in [-0.05, 0) is 24.3 Å². The van der Waals surface area contributed by atoms with Crippen molar-refractivity contribution in [2.45, 2.75) is 17.4 Å². The highest BCUT2D eigenvalue weighted by Crippen LogP contribution is 2.33. The Bertz CT molecular complexity index is 751. The molecule has 2 aromatic rings. The number of ether oxygens (including phenoxy) is 1. The summed E-state index contributed by atoms with van der Waals surface area (Å²) in [6.45, 7) is 0.228. The van der Waals surface area contributed by atoms with Crippen molar-refractivity contribution in [1.82, 2.24) is 5.32 Å². The molecule has 1 heterocycles. The van der Waals surface area contributed by atoms with Gasteiger partial charge in [0.25, 0.3) is 5.91 Å². The SMILES string of the molecule is CNC(=O)[C@@H]1CN(C(=O)CCSc2ccccc2)c2ccccc2O1. The summed E-state index contributed by atoms with van der Waals surface area (Å²) < 4.78 is 5.73. The summed E-state index contributed by atoms with van der Waals surface area (Å²) in [7, 11) is 1.56. The Morgan fingerprint density at radius 3 is 2.64 bits per heavy atom. The number of anilines is 1. The number of rotatable bonds is 5. The van der Waals surface area contributed by atoms with Gasteiger partial charge in [-0.1, -0.05) is 30.3 Å². The van der Waals surface area contributed by atoms with E-state index in [1.54, 1.807) is 29.8 Å². The third-order valence-corrected chi connectivity index (χ3v) is 4.96. The van der Waals surface area contributed by atoms with E-state index in [4.69, 9.17) is 4.74 Å². The van der Waals surface area contributed by atoms with Crippen LogP contribution in [-0.2, 0) is 9.59 Å². The number of nitrogens with one attached hydrogen (secondary N) is 1. The first kappa shape index (κ1) is 17.4. The monoisotopic (exact) mass is 356 g/mol. The number of para-hydroxylation sites is 2. The van der Waals surface area contributed by atoms with Gasteiger partial charge in [-0.25, -0.2) is 0 Å². The standard InChI is InChI=1S/C19H20N2O3S/c1-20-19(23)17-13-21(15-9-5-6-10-16(15)24-17)18(22)11-12-25-14-7-3-2-4-8-14/h2-10,17H,11-13H2,1H3,(H,20,23)/t17-/m0/s1. The first-order valence-corrected chi connectivity index (χ1v) is 9.13. The topological polar surface area (TPSA) is 58.6 Å². The average molecular weight is 356 g/mol. The molecule has 5 nitrogen and oxygen atoms in total.